The van der Waals surface area contributed by atoms with Crippen molar-refractivity contribution in [2.45, 2.75) is 5.88 Å². The molecule has 1 heterocycles. The topological polar surface area (TPSA) is 17.8 Å². The number of halogens is 1. The highest BCUT2D eigenvalue weighted by molar-refractivity contribution is 6.16. The van der Waals surface area contributed by atoms with Gasteiger partial charge >= 0.3 is 0 Å². The number of aromatic nitrogens is 2. The summed E-state index contributed by atoms with van der Waals surface area (Å²) in [7, 11) is 0. The van der Waals surface area contributed by atoms with Crippen molar-refractivity contribution in [1.82, 2.24) is 9.78 Å². The van der Waals surface area contributed by atoms with Crippen LogP contribution in [0.1, 0.15) is 5.69 Å². The van der Waals surface area contributed by atoms with Crippen molar-refractivity contribution in [3.8, 4) is 5.69 Å². The summed E-state index contributed by atoms with van der Waals surface area (Å²) in [6.07, 6.45) is 1.94. The fraction of sp³-hybridized carbons (Fsp3) is 0.0714. The smallest absolute Gasteiger partial charge is 0.0776 e. The molecule has 0 aliphatic heterocycles. The third-order valence-corrected chi connectivity index (χ3v) is 3.07. The second-order valence-electron chi connectivity index (χ2n) is 3.88. The van der Waals surface area contributed by atoms with E-state index in [4.69, 9.17) is 11.6 Å². The number of benzene rings is 2. The molecule has 17 heavy (non-hydrogen) atoms. The van der Waals surface area contributed by atoms with Crippen LogP contribution in [0.4, 0.5) is 0 Å². The molecule has 2 nitrogen and oxygen atoms in total. The Labute approximate surface area is 104 Å². The van der Waals surface area contributed by atoms with E-state index in [1.807, 2.05) is 35.1 Å². The first kappa shape index (κ1) is 10.4. The van der Waals surface area contributed by atoms with E-state index in [9.17, 15) is 0 Å². The predicted molar refractivity (Wildman–Crippen MR) is 70.6 cm³/mol. The van der Waals surface area contributed by atoms with Crippen molar-refractivity contribution < 1.29 is 0 Å². The van der Waals surface area contributed by atoms with Crippen molar-refractivity contribution in [2.24, 2.45) is 0 Å². The molecule has 0 fully saturated rings. The van der Waals surface area contributed by atoms with Gasteiger partial charge in [0, 0.05) is 11.6 Å². The average molecular weight is 243 g/mol. The van der Waals surface area contributed by atoms with Gasteiger partial charge in [0.2, 0.25) is 0 Å². The van der Waals surface area contributed by atoms with Crippen LogP contribution in [0, 0.1) is 0 Å². The maximum Gasteiger partial charge on any atom is 0.0776 e. The van der Waals surface area contributed by atoms with Crippen molar-refractivity contribution >= 4 is 22.4 Å². The predicted octanol–water partition coefficient (Wildman–Crippen LogP) is 3.76. The summed E-state index contributed by atoms with van der Waals surface area (Å²) < 4.78 is 1.88. The van der Waals surface area contributed by atoms with Gasteiger partial charge in [-0.15, -0.1) is 11.6 Å². The van der Waals surface area contributed by atoms with Gasteiger partial charge in [-0.05, 0) is 17.5 Å². The molecule has 0 bridgehead atoms. The Morgan fingerprint density at radius 1 is 1.00 bits per heavy atom. The zero-order chi connectivity index (χ0) is 11.7. The van der Waals surface area contributed by atoms with Gasteiger partial charge in [-0.1, -0.05) is 36.4 Å². The first-order valence-electron chi connectivity index (χ1n) is 5.47. The molecule has 1 aromatic heterocycles. The van der Waals surface area contributed by atoms with Crippen molar-refractivity contribution in [3.63, 3.8) is 0 Å². The molecule has 0 unspecified atom stereocenters. The van der Waals surface area contributed by atoms with E-state index in [2.05, 4.69) is 29.4 Å². The standard InChI is InChI=1S/C14H11ClN2/c15-10-12-8-9-17(16-12)14-7-3-5-11-4-1-2-6-13(11)14/h1-9H,10H2. The summed E-state index contributed by atoms with van der Waals surface area (Å²) in [6.45, 7) is 0. The van der Waals surface area contributed by atoms with Crippen LogP contribution in [0.2, 0.25) is 0 Å². The number of hydrogen-bond acceptors (Lipinski definition) is 1. The summed E-state index contributed by atoms with van der Waals surface area (Å²) >= 11 is 5.77. The average Bonchev–Trinajstić information content (AvgIpc) is 2.87. The van der Waals surface area contributed by atoms with Crippen LogP contribution in [0.25, 0.3) is 16.5 Å². The summed E-state index contributed by atoms with van der Waals surface area (Å²) in [5.74, 6) is 0.442. The first-order valence-corrected chi connectivity index (χ1v) is 6.00. The number of rotatable bonds is 2. The van der Waals surface area contributed by atoms with Crippen molar-refractivity contribution in [1.29, 1.82) is 0 Å². The Morgan fingerprint density at radius 3 is 2.65 bits per heavy atom. The van der Waals surface area contributed by atoms with Gasteiger partial charge < -0.3 is 0 Å². The quantitative estimate of drug-likeness (QED) is 0.626. The Bertz CT molecular complexity index is 653. The minimum Gasteiger partial charge on any atom is -0.240 e. The highest BCUT2D eigenvalue weighted by atomic mass is 35.5. The van der Waals surface area contributed by atoms with Crippen LogP contribution >= 0.6 is 11.6 Å². The lowest BCUT2D eigenvalue weighted by molar-refractivity contribution is 0.865. The number of fused-ring (bicyclic) bond motifs is 1. The van der Waals surface area contributed by atoms with Crippen molar-refractivity contribution in [2.75, 3.05) is 0 Å². The molecule has 3 heteroatoms. The summed E-state index contributed by atoms with van der Waals surface area (Å²) in [5.41, 5.74) is 1.97. The Kier molecular flexibility index (Phi) is 2.57. The summed E-state index contributed by atoms with van der Waals surface area (Å²) in [5, 5.41) is 6.84. The highest BCUT2D eigenvalue weighted by Gasteiger charge is 2.04. The molecule has 3 aromatic rings. The van der Waals surface area contributed by atoms with Gasteiger partial charge in [0.05, 0.1) is 17.3 Å². The Hall–Kier alpha value is -1.80. The molecule has 84 valence electrons. The van der Waals surface area contributed by atoms with Crippen LogP contribution in [-0.4, -0.2) is 9.78 Å². The number of alkyl halides is 1. The van der Waals surface area contributed by atoms with E-state index in [0.29, 0.717) is 5.88 Å². The zero-order valence-corrected chi connectivity index (χ0v) is 9.93. The molecule has 0 N–H and O–H groups in total. The maximum absolute atomic E-state index is 5.77. The van der Waals surface area contributed by atoms with Crippen LogP contribution in [0.5, 0.6) is 0 Å². The van der Waals surface area contributed by atoms with E-state index < -0.39 is 0 Å². The molecule has 0 saturated carbocycles. The van der Waals surface area contributed by atoms with E-state index in [-0.39, 0.29) is 0 Å². The second kappa shape index (κ2) is 4.22. The van der Waals surface area contributed by atoms with Crippen LogP contribution < -0.4 is 0 Å². The van der Waals surface area contributed by atoms with Gasteiger partial charge in [-0.3, -0.25) is 0 Å². The summed E-state index contributed by atoms with van der Waals surface area (Å²) in [6, 6.07) is 16.4. The minimum atomic E-state index is 0.442. The Morgan fingerprint density at radius 2 is 1.82 bits per heavy atom. The molecule has 3 rings (SSSR count). The van der Waals surface area contributed by atoms with E-state index in [1.54, 1.807) is 0 Å². The fourth-order valence-electron chi connectivity index (χ4n) is 1.98. The lowest BCUT2D eigenvalue weighted by Gasteiger charge is -2.06. The van der Waals surface area contributed by atoms with Gasteiger partial charge in [-0.2, -0.15) is 5.10 Å². The van der Waals surface area contributed by atoms with Gasteiger partial charge in [0.25, 0.3) is 0 Å². The molecule has 0 spiro atoms. The molecule has 0 radical (unpaired) electrons. The van der Waals surface area contributed by atoms with Crippen LogP contribution in [0.15, 0.2) is 54.7 Å². The fourth-order valence-corrected chi connectivity index (χ4v) is 2.12. The molecular formula is C14H11ClN2. The molecule has 0 aliphatic carbocycles. The van der Waals surface area contributed by atoms with Gasteiger partial charge in [0.15, 0.2) is 0 Å². The third kappa shape index (κ3) is 1.81. The van der Waals surface area contributed by atoms with E-state index >= 15 is 0 Å². The molecular weight excluding hydrogens is 232 g/mol. The van der Waals surface area contributed by atoms with E-state index in [0.717, 1.165) is 11.4 Å². The number of nitrogens with zero attached hydrogens (tertiary/aromatic N) is 2. The first-order chi connectivity index (χ1) is 8.38. The zero-order valence-electron chi connectivity index (χ0n) is 9.18. The lowest BCUT2D eigenvalue weighted by Crippen LogP contribution is -1.96. The SMILES string of the molecule is ClCc1ccn(-c2cccc3ccccc23)n1. The monoisotopic (exact) mass is 242 g/mol. The van der Waals surface area contributed by atoms with Crippen LogP contribution in [0.3, 0.4) is 0 Å². The second-order valence-corrected chi connectivity index (χ2v) is 4.15. The van der Waals surface area contributed by atoms with Crippen molar-refractivity contribution in [3.05, 3.63) is 60.4 Å². The normalized spacial score (nSPS) is 10.9. The molecule has 0 atom stereocenters. The molecule has 0 aliphatic rings. The maximum atomic E-state index is 5.77. The molecule has 0 amide bonds. The summed E-state index contributed by atoms with van der Waals surface area (Å²) in [4.78, 5) is 0. The molecule has 2 aromatic carbocycles. The lowest BCUT2D eigenvalue weighted by atomic mass is 10.1. The van der Waals surface area contributed by atoms with Gasteiger partial charge in [-0.25, -0.2) is 4.68 Å². The van der Waals surface area contributed by atoms with E-state index in [1.165, 1.54) is 10.8 Å². The minimum absolute atomic E-state index is 0.442. The number of hydrogen-bond donors (Lipinski definition) is 0. The molecule has 0 saturated heterocycles. The van der Waals surface area contributed by atoms with Gasteiger partial charge in [0.1, 0.15) is 0 Å². The largest absolute Gasteiger partial charge is 0.240 e. The third-order valence-electron chi connectivity index (χ3n) is 2.79. The Balaban J connectivity index is 2.23. The van der Waals surface area contributed by atoms with Crippen LogP contribution in [-0.2, 0) is 5.88 Å². The highest BCUT2D eigenvalue weighted by Crippen LogP contribution is 2.21.